The molecule has 0 saturated carbocycles. The number of nitrogens with two attached hydrogens (primary N) is 1. The topological polar surface area (TPSA) is 60.2 Å². The van der Waals surface area contributed by atoms with Gasteiger partial charge in [0.2, 0.25) is 0 Å². The summed E-state index contributed by atoms with van der Waals surface area (Å²) in [7, 11) is -3.12. The fourth-order valence-corrected chi connectivity index (χ4v) is 3.59. The Balaban J connectivity index is 2.61. The summed E-state index contributed by atoms with van der Waals surface area (Å²) >= 11 is 0. The van der Waals surface area contributed by atoms with Crippen LogP contribution in [-0.4, -0.2) is 14.2 Å². The second kappa shape index (κ2) is 3.32. The molecule has 1 aromatic rings. The molecule has 2 rings (SSSR count). The first-order chi connectivity index (χ1) is 6.92. The highest BCUT2D eigenvalue weighted by Crippen LogP contribution is 2.33. The highest BCUT2D eigenvalue weighted by molar-refractivity contribution is 7.91. The van der Waals surface area contributed by atoms with E-state index in [9.17, 15) is 8.42 Å². The third-order valence-corrected chi connectivity index (χ3v) is 4.67. The zero-order valence-corrected chi connectivity index (χ0v) is 9.71. The molecule has 0 fully saturated rings. The Bertz CT molecular complexity index is 491. The van der Waals surface area contributed by atoms with Crippen LogP contribution in [-0.2, 0) is 9.84 Å². The first-order valence-corrected chi connectivity index (χ1v) is 6.69. The number of benzene rings is 1. The molecular formula is C11H15NO2S. The molecule has 1 aromatic carbocycles. The maximum atomic E-state index is 11.7. The lowest BCUT2D eigenvalue weighted by molar-refractivity contribution is 0.598. The average Bonchev–Trinajstić information content (AvgIpc) is 2.37. The highest BCUT2D eigenvalue weighted by Gasteiger charge is 2.32. The lowest BCUT2D eigenvalue weighted by atomic mass is 9.99. The largest absolute Gasteiger partial charge is 0.323 e. The fraction of sp³-hybridized carbons (Fsp3) is 0.455. The zero-order valence-electron chi connectivity index (χ0n) is 8.90. The third kappa shape index (κ3) is 1.68. The molecule has 82 valence electrons. The van der Waals surface area contributed by atoms with E-state index in [0.717, 1.165) is 11.1 Å². The predicted molar refractivity (Wildman–Crippen MR) is 59.5 cm³/mol. The van der Waals surface area contributed by atoms with Crippen LogP contribution in [0.1, 0.15) is 36.9 Å². The quantitative estimate of drug-likeness (QED) is 0.789. The van der Waals surface area contributed by atoms with Crippen molar-refractivity contribution in [3.8, 4) is 0 Å². The Hall–Kier alpha value is -0.870. The van der Waals surface area contributed by atoms with Gasteiger partial charge in [-0.15, -0.1) is 0 Å². The normalized spacial score (nSPS) is 23.1. The average molecular weight is 225 g/mol. The maximum Gasteiger partial charge on any atom is 0.180 e. The Kier molecular flexibility index (Phi) is 2.35. The van der Waals surface area contributed by atoms with Crippen molar-refractivity contribution >= 4 is 9.84 Å². The minimum absolute atomic E-state index is 0.0455. The lowest BCUT2D eigenvalue weighted by Gasteiger charge is -2.08. The summed E-state index contributed by atoms with van der Waals surface area (Å²) in [5.41, 5.74) is 7.73. The van der Waals surface area contributed by atoms with Crippen molar-refractivity contribution < 1.29 is 8.42 Å². The van der Waals surface area contributed by atoms with Gasteiger partial charge in [-0.3, -0.25) is 0 Å². The van der Waals surface area contributed by atoms with Gasteiger partial charge in [-0.2, -0.15) is 0 Å². The molecule has 0 spiro atoms. The van der Waals surface area contributed by atoms with E-state index in [0.29, 0.717) is 10.8 Å². The summed E-state index contributed by atoms with van der Waals surface area (Å²) in [6, 6.07) is 5.13. The lowest BCUT2D eigenvalue weighted by Crippen LogP contribution is -2.12. The van der Waals surface area contributed by atoms with Gasteiger partial charge in [0.15, 0.2) is 9.84 Å². The fourth-order valence-electron chi connectivity index (χ4n) is 1.91. The number of rotatable bonds is 1. The van der Waals surface area contributed by atoms with Crippen molar-refractivity contribution in [2.24, 2.45) is 5.73 Å². The number of sulfone groups is 1. The van der Waals surface area contributed by atoms with Crippen LogP contribution >= 0.6 is 0 Å². The molecule has 2 N–H and O–H groups in total. The zero-order chi connectivity index (χ0) is 11.2. The van der Waals surface area contributed by atoms with Crippen LogP contribution in [0, 0.1) is 0 Å². The van der Waals surface area contributed by atoms with Crippen molar-refractivity contribution in [1.29, 1.82) is 0 Å². The van der Waals surface area contributed by atoms with Crippen LogP contribution in [0.2, 0.25) is 0 Å². The van der Waals surface area contributed by atoms with E-state index in [1.165, 1.54) is 0 Å². The third-order valence-electron chi connectivity index (χ3n) is 2.83. The summed E-state index contributed by atoms with van der Waals surface area (Å²) in [6.45, 7) is 4.16. The van der Waals surface area contributed by atoms with Crippen LogP contribution in [0.3, 0.4) is 0 Å². The molecule has 1 atom stereocenters. The van der Waals surface area contributed by atoms with Crippen molar-refractivity contribution in [2.45, 2.75) is 30.7 Å². The van der Waals surface area contributed by atoms with Gasteiger partial charge in [0.1, 0.15) is 0 Å². The molecule has 0 radical (unpaired) electrons. The maximum absolute atomic E-state index is 11.7. The number of fused-ring (bicyclic) bond motifs is 1. The van der Waals surface area contributed by atoms with E-state index in [1.54, 1.807) is 6.07 Å². The molecule has 1 aliphatic heterocycles. The summed E-state index contributed by atoms with van der Waals surface area (Å²) < 4.78 is 23.3. The molecule has 0 aliphatic carbocycles. The molecule has 15 heavy (non-hydrogen) atoms. The van der Waals surface area contributed by atoms with Crippen molar-refractivity contribution in [3.63, 3.8) is 0 Å². The van der Waals surface area contributed by atoms with E-state index >= 15 is 0 Å². The Morgan fingerprint density at radius 3 is 2.67 bits per heavy atom. The van der Waals surface area contributed by atoms with Crippen molar-refractivity contribution in [2.75, 3.05) is 5.75 Å². The second-order valence-electron chi connectivity index (χ2n) is 4.34. The Labute approximate surface area is 90.2 Å². The van der Waals surface area contributed by atoms with Crippen LogP contribution in [0.5, 0.6) is 0 Å². The number of hydrogen-bond donors (Lipinski definition) is 1. The van der Waals surface area contributed by atoms with Crippen molar-refractivity contribution in [1.82, 2.24) is 0 Å². The van der Waals surface area contributed by atoms with E-state index in [4.69, 9.17) is 5.73 Å². The van der Waals surface area contributed by atoms with Gasteiger partial charge >= 0.3 is 0 Å². The molecule has 1 unspecified atom stereocenters. The van der Waals surface area contributed by atoms with Gasteiger partial charge in [0.25, 0.3) is 0 Å². The summed E-state index contributed by atoms with van der Waals surface area (Å²) in [4.78, 5) is 0.416. The molecule has 1 aliphatic rings. The van der Waals surface area contributed by atoms with Crippen LogP contribution in [0.25, 0.3) is 0 Å². The Morgan fingerprint density at radius 1 is 1.40 bits per heavy atom. The van der Waals surface area contributed by atoms with Gasteiger partial charge in [0, 0.05) is 6.04 Å². The molecule has 0 aromatic heterocycles. The Morgan fingerprint density at radius 2 is 2.07 bits per heavy atom. The van der Waals surface area contributed by atoms with Gasteiger partial charge in [-0.25, -0.2) is 8.42 Å². The predicted octanol–water partition coefficient (Wildman–Crippen LogP) is 1.60. The first kappa shape index (κ1) is 10.6. The molecular weight excluding hydrogens is 210 g/mol. The van der Waals surface area contributed by atoms with Crippen molar-refractivity contribution in [3.05, 3.63) is 29.3 Å². The van der Waals surface area contributed by atoms with E-state index in [2.05, 4.69) is 13.8 Å². The van der Waals surface area contributed by atoms with Gasteiger partial charge in [-0.05, 0) is 23.1 Å². The van der Waals surface area contributed by atoms with E-state index in [1.807, 2.05) is 12.1 Å². The van der Waals surface area contributed by atoms with Crippen LogP contribution in [0.15, 0.2) is 23.1 Å². The molecule has 4 heteroatoms. The second-order valence-corrected chi connectivity index (χ2v) is 6.34. The van der Waals surface area contributed by atoms with Gasteiger partial charge in [0.05, 0.1) is 10.6 Å². The summed E-state index contributed by atoms with van der Waals surface area (Å²) in [5.74, 6) is 0.440. The SMILES string of the molecule is CC(C)c1ccc2c(c1)C(N)CS2(=O)=O. The van der Waals surface area contributed by atoms with Gasteiger partial charge in [-0.1, -0.05) is 26.0 Å². The monoisotopic (exact) mass is 225 g/mol. The van der Waals surface area contributed by atoms with E-state index < -0.39 is 9.84 Å². The first-order valence-electron chi connectivity index (χ1n) is 5.04. The summed E-state index contributed by atoms with van der Waals surface area (Å²) in [5, 5.41) is 0. The number of hydrogen-bond acceptors (Lipinski definition) is 3. The smallest absolute Gasteiger partial charge is 0.180 e. The molecule has 0 bridgehead atoms. The minimum atomic E-state index is -3.12. The molecule has 3 nitrogen and oxygen atoms in total. The van der Waals surface area contributed by atoms with Crippen LogP contribution < -0.4 is 5.73 Å². The molecule has 1 heterocycles. The molecule has 0 amide bonds. The van der Waals surface area contributed by atoms with E-state index in [-0.39, 0.29) is 11.8 Å². The van der Waals surface area contributed by atoms with Crippen LogP contribution in [0.4, 0.5) is 0 Å². The highest BCUT2D eigenvalue weighted by atomic mass is 32.2. The summed E-state index contributed by atoms with van der Waals surface area (Å²) in [6.07, 6.45) is 0. The molecule has 0 saturated heterocycles. The minimum Gasteiger partial charge on any atom is -0.323 e. The standard InChI is InChI=1S/C11H15NO2S/c1-7(2)8-3-4-11-9(5-8)10(12)6-15(11,13)14/h3-5,7,10H,6,12H2,1-2H3. The van der Waals surface area contributed by atoms with Gasteiger partial charge < -0.3 is 5.73 Å².